The van der Waals surface area contributed by atoms with Crippen molar-refractivity contribution in [2.45, 2.75) is 5.92 Å². The first-order valence-corrected chi connectivity index (χ1v) is 5.34. The van der Waals surface area contributed by atoms with E-state index >= 15 is 0 Å². The van der Waals surface area contributed by atoms with E-state index in [0.717, 1.165) is 5.56 Å². The topological polar surface area (TPSA) is 55.6 Å². The fraction of sp³-hybridized carbons (Fsp3) is 0.364. The molecule has 0 saturated heterocycles. The highest BCUT2D eigenvalue weighted by Crippen LogP contribution is 2.20. The minimum atomic E-state index is -0.246. The molecule has 0 fully saturated rings. The third-order valence-corrected chi connectivity index (χ3v) is 2.52. The summed E-state index contributed by atoms with van der Waals surface area (Å²) in [4.78, 5) is 1.42. The van der Waals surface area contributed by atoms with Crippen LogP contribution in [-0.2, 0) is 7.05 Å². The molecule has 0 spiro atoms. The van der Waals surface area contributed by atoms with Crippen LogP contribution < -0.4 is 5.32 Å². The maximum atomic E-state index is 12.9. The second kappa shape index (κ2) is 5.01. The minimum Gasteiger partial charge on any atom is -0.319 e. The lowest BCUT2D eigenvalue weighted by Crippen LogP contribution is -2.19. The van der Waals surface area contributed by atoms with Crippen molar-refractivity contribution in [2.75, 3.05) is 13.6 Å². The Bertz CT molecular complexity index is 479. The number of aryl methyl sites for hydroxylation is 1. The summed E-state index contributed by atoms with van der Waals surface area (Å²) in [6.07, 6.45) is 0. The number of likely N-dealkylation sites (N-methyl/N-ethyl adjacent to an activating group) is 1. The first kappa shape index (κ1) is 11.7. The number of aromatic nitrogens is 4. The molecule has 2 aromatic rings. The molecule has 0 aliphatic heterocycles. The number of nitrogens with one attached hydrogen (secondary N) is 1. The van der Waals surface area contributed by atoms with E-state index in [1.54, 1.807) is 19.2 Å². The quantitative estimate of drug-likeness (QED) is 0.847. The van der Waals surface area contributed by atoms with Gasteiger partial charge in [0, 0.05) is 6.54 Å². The van der Waals surface area contributed by atoms with Crippen molar-refractivity contribution >= 4 is 0 Å². The van der Waals surface area contributed by atoms with Gasteiger partial charge in [-0.3, -0.25) is 0 Å². The molecule has 0 amide bonds. The van der Waals surface area contributed by atoms with Crippen molar-refractivity contribution in [1.82, 2.24) is 25.5 Å². The summed E-state index contributed by atoms with van der Waals surface area (Å²) in [5.74, 6) is 0.367. The first-order valence-electron chi connectivity index (χ1n) is 5.34. The third kappa shape index (κ3) is 2.65. The number of hydrogen-bond donors (Lipinski definition) is 1. The molecule has 0 aliphatic rings. The molecule has 1 heterocycles. The van der Waals surface area contributed by atoms with E-state index in [0.29, 0.717) is 12.4 Å². The van der Waals surface area contributed by atoms with Crippen LogP contribution >= 0.6 is 0 Å². The van der Waals surface area contributed by atoms with Gasteiger partial charge in [0.05, 0.1) is 13.0 Å². The predicted molar refractivity (Wildman–Crippen MR) is 61.0 cm³/mol. The monoisotopic (exact) mass is 235 g/mol. The van der Waals surface area contributed by atoms with Gasteiger partial charge < -0.3 is 5.32 Å². The zero-order valence-corrected chi connectivity index (χ0v) is 9.76. The van der Waals surface area contributed by atoms with E-state index in [2.05, 4.69) is 20.7 Å². The first-order chi connectivity index (χ1) is 8.20. The van der Waals surface area contributed by atoms with Crippen molar-refractivity contribution in [2.24, 2.45) is 7.05 Å². The van der Waals surface area contributed by atoms with Crippen molar-refractivity contribution < 1.29 is 4.39 Å². The molecule has 0 bridgehead atoms. The Kier molecular flexibility index (Phi) is 3.43. The van der Waals surface area contributed by atoms with Gasteiger partial charge in [-0.15, -0.1) is 10.2 Å². The van der Waals surface area contributed by atoms with Crippen molar-refractivity contribution in [3.05, 3.63) is 41.5 Å². The lowest BCUT2D eigenvalue weighted by molar-refractivity contribution is 0.615. The van der Waals surface area contributed by atoms with Crippen LogP contribution in [0.25, 0.3) is 0 Å². The molecule has 5 nitrogen and oxygen atoms in total. The van der Waals surface area contributed by atoms with Gasteiger partial charge in [0.25, 0.3) is 0 Å². The van der Waals surface area contributed by atoms with Crippen LogP contribution in [0.3, 0.4) is 0 Å². The normalized spacial score (nSPS) is 12.6. The Hall–Kier alpha value is -1.82. The van der Waals surface area contributed by atoms with Gasteiger partial charge in [-0.25, -0.2) is 4.39 Å². The summed E-state index contributed by atoms with van der Waals surface area (Å²) in [5, 5.41) is 15.1. The van der Waals surface area contributed by atoms with Gasteiger partial charge in [-0.2, -0.15) is 4.80 Å². The summed E-state index contributed by atoms with van der Waals surface area (Å²) in [6.45, 7) is 0.678. The van der Waals surface area contributed by atoms with Crippen LogP contribution in [0.5, 0.6) is 0 Å². The average molecular weight is 235 g/mol. The molecule has 1 aromatic heterocycles. The number of hydrogen-bond acceptors (Lipinski definition) is 4. The molecular weight excluding hydrogens is 221 g/mol. The van der Waals surface area contributed by atoms with Gasteiger partial charge in [0.1, 0.15) is 5.82 Å². The van der Waals surface area contributed by atoms with Gasteiger partial charge in [-0.05, 0) is 30.0 Å². The molecule has 17 heavy (non-hydrogen) atoms. The number of nitrogens with zero attached hydrogens (tertiary/aromatic N) is 4. The molecule has 2 rings (SSSR count). The fourth-order valence-corrected chi connectivity index (χ4v) is 1.70. The van der Waals surface area contributed by atoms with Gasteiger partial charge in [-0.1, -0.05) is 12.1 Å². The number of rotatable bonds is 4. The highest BCUT2D eigenvalue weighted by molar-refractivity contribution is 5.25. The van der Waals surface area contributed by atoms with E-state index in [-0.39, 0.29) is 11.7 Å². The standard InChI is InChI=1S/C11H14FN5/c1-13-7-10(11-14-16-17(2)15-11)8-3-5-9(12)6-4-8/h3-6,10,13H,7H2,1-2H3. The molecular formula is C11H14FN5. The van der Waals surface area contributed by atoms with Crippen LogP contribution in [0.15, 0.2) is 24.3 Å². The molecule has 1 aromatic carbocycles. The Morgan fingerprint density at radius 2 is 2.06 bits per heavy atom. The van der Waals surface area contributed by atoms with E-state index < -0.39 is 0 Å². The SMILES string of the molecule is CNCC(c1ccc(F)cc1)c1nnn(C)n1. The van der Waals surface area contributed by atoms with E-state index in [1.807, 2.05) is 7.05 Å². The molecule has 90 valence electrons. The maximum absolute atomic E-state index is 12.9. The highest BCUT2D eigenvalue weighted by atomic mass is 19.1. The van der Waals surface area contributed by atoms with E-state index in [9.17, 15) is 4.39 Å². The molecule has 1 unspecified atom stereocenters. The number of benzene rings is 1. The smallest absolute Gasteiger partial charge is 0.183 e. The van der Waals surface area contributed by atoms with Crippen LogP contribution in [0, 0.1) is 5.82 Å². The molecule has 0 aliphatic carbocycles. The second-order valence-corrected chi connectivity index (χ2v) is 3.80. The van der Waals surface area contributed by atoms with Gasteiger partial charge in [0.15, 0.2) is 5.82 Å². The van der Waals surface area contributed by atoms with Crippen LogP contribution in [0.4, 0.5) is 4.39 Å². The third-order valence-electron chi connectivity index (χ3n) is 2.52. The number of tetrazole rings is 1. The van der Waals surface area contributed by atoms with Crippen molar-refractivity contribution in [3.8, 4) is 0 Å². The summed E-state index contributed by atoms with van der Waals surface area (Å²) < 4.78 is 12.9. The van der Waals surface area contributed by atoms with Crippen LogP contribution in [0.2, 0.25) is 0 Å². The van der Waals surface area contributed by atoms with E-state index in [4.69, 9.17) is 0 Å². The van der Waals surface area contributed by atoms with Gasteiger partial charge >= 0.3 is 0 Å². The average Bonchev–Trinajstić information content (AvgIpc) is 2.74. The maximum Gasteiger partial charge on any atom is 0.183 e. The highest BCUT2D eigenvalue weighted by Gasteiger charge is 2.18. The Labute approximate surface area is 98.6 Å². The minimum absolute atomic E-state index is 0.0192. The second-order valence-electron chi connectivity index (χ2n) is 3.80. The van der Waals surface area contributed by atoms with E-state index in [1.165, 1.54) is 16.9 Å². The molecule has 0 saturated carbocycles. The van der Waals surface area contributed by atoms with Crippen LogP contribution in [0.1, 0.15) is 17.3 Å². The zero-order valence-electron chi connectivity index (χ0n) is 9.76. The largest absolute Gasteiger partial charge is 0.319 e. The summed E-state index contributed by atoms with van der Waals surface area (Å²) >= 11 is 0. The molecule has 1 atom stereocenters. The zero-order chi connectivity index (χ0) is 12.3. The summed E-state index contributed by atoms with van der Waals surface area (Å²) in [5.41, 5.74) is 0.966. The van der Waals surface area contributed by atoms with Crippen LogP contribution in [-0.4, -0.2) is 33.8 Å². The molecule has 1 N–H and O–H groups in total. The summed E-state index contributed by atoms with van der Waals surface area (Å²) in [7, 11) is 3.57. The summed E-state index contributed by atoms with van der Waals surface area (Å²) in [6, 6.07) is 6.37. The Balaban J connectivity index is 2.31. The molecule has 6 heteroatoms. The number of halogens is 1. The Morgan fingerprint density at radius 3 is 2.59 bits per heavy atom. The predicted octanol–water partition coefficient (Wildman–Crippen LogP) is 0.700. The fourth-order valence-electron chi connectivity index (χ4n) is 1.70. The van der Waals surface area contributed by atoms with Crippen molar-refractivity contribution in [3.63, 3.8) is 0 Å². The lowest BCUT2D eigenvalue weighted by atomic mass is 9.98. The molecule has 0 radical (unpaired) electrons. The Morgan fingerprint density at radius 1 is 1.35 bits per heavy atom. The van der Waals surface area contributed by atoms with Gasteiger partial charge in [0.2, 0.25) is 0 Å². The van der Waals surface area contributed by atoms with Crippen molar-refractivity contribution in [1.29, 1.82) is 0 Å². The lowest BCUT2D eigenvalue weighted by Gasteiger charge is -2.12.